The summed E-state index contributed by atoms with van der Waals surface area (Å²) in [7, 11) is 0. The minimum Gasteiger partial charge on any atom is -0.493 e. The molecular weight excluding hydrogens is 240 g/mol. The average Bonchev–Trinajstić information content (AvgIpc) is 2.43. The number of esters is 1. The first-order valence-electron chi connectivity index (χ1n) is 6.77. The SMILES string of the molecule is CCCOc1ccccc1C=CC(=O)OC(C)CC. The molecule has 1 rings (SSSR count). The van der Waals surface area contributed by atoms with E-state index >= 15 is 0 Å². The van der Waals surface area contributed by atoms with Crippen LogP contribution in [0.15, 0.2) is 30.3 Å². The van der Waals surface area contributed by atoms with Crippen molar-refractivity contribution in [3.05, 3.63) is 35.9 Å². The molecule has 3 heteroatoms. The molecule has 1 unspecified atom stereocenters. The molecule has 104 valence electrons. The van der Waals surface area contributed by atoms with E-state index < -0.39 is 0 Å². The zero-order valence-electron chi connectivity index (χ0n) is 11.9. The molecule has 0 bridgehead atoms. The molecule has 1 atom stereocenters. The van der Waals surface area contributed by atoms with Gasteiger partial charge < -0.3 is 9.47 Å². The highest BCUT2D eigenvalue weighted by Crippen LogP contribution is 2.19. The van der Waals surface area contributed by atoms with Gasteiger partial charge in [-0.05, 0) is 31.9 Å². The minimum atomic E-state index is -0.320. The fraction of sp³-hybridized carbons (Fsp3) is 0.438. The third-order valence-corrected chi connectivity index (χ3v) is 2.67. The van der Waals surface area contributed by atoms with Gasteiger partial charge in [0.1, 0.15) is 5.75 Å². The number of carbonyl (C=O) groups is 1. The van der Waals surface area contributed by atoms with Crippen LogP contribution in [-0.4, -0.2) is 18.7 Å². The number of carbonyl (C=O) groups excluding carboxylic acids is 1. The van der Waals surface area contributed by atoms with Crippen molar-refractivity contribution in [2.45, 2.75) is 39.7 Å². The van der Waals surface area contributed by atoms with E-state index in [0.29, 0.717) is 6.61 Å². The molecule has 0 fully saturated rings. The zero-order valence-corrected chi connectivity index (χ0v) is 11.9. The van der Waals surface area contributed by atoms with Crippen molar-refractivity contribution < 1.29 is 14.3 Å². The third-order valence-electron chi connectivity index (χ3n) is 2.67. The number of benzene rings is 1. The molecule has 3 nitrogen and oxygen atoms in total. The first-order chi connectivity index (χ1) is 9.17. The van der Waals surface area contributed by atoms with Gasteiger partial charge in [0.05, 0.1) is 12.7 Å². The molecule has 1 aromatic carbocycles. The van der Waals surface area contributed by atoms with Crippen molar-refractivity contribution in [2.24, 2.45) is 0 Å². The Balaban J connectivity index is 2.67. The topological polar surface area (TPSA) is 35.5 Å². The van der Waals surface area contributed by atoms with E-state index in [1.807, 2.05) is 38.1 Å². The van der Waals surface area contributed by atoms with Crippen molar-refractivity contribution in [2.75, 3.05) is 6.61 Å². The van der Waals surface area contributed by atoms with Crippen molar-refractivity contribution in [1.82, 2.24) is 0 Å². The van der Waals surface area contributed by atoms with Crippen LogP contribution in [0.25, 0.3) is 6.08 Å². The third kappa shape index (κ3) is 5.60. The Morgan fingerprint density at radius 2 is 2.05 bits per heavy atom. The van der Waals surface area contributed by atoms with Gasteiger partial charge in [-0.25, -0.2) is 4.79 Å². The Hall–Kier alpha value is -1.77. The van der Waals surface area contributed by atoms with Gasteiger partial charge in [0.2, 0.25) is 0 Å². The van der Waals surface area contributed by atoms with Gasteiger partial charge in [-0.2, -0.15) is 0 Å². The summed E-state index contributed by atoms with van der Waals surface area (Å²) >= 11 is 0. The summed E-state index contributed by atoms with van der Waals surface area (Å²) < 4.78 is 10.8. The fourth-order valence-corrected chi connectivity index (χ4v) is 1.44. The van der Waals surface area contributed by atoms with E-state index in [-0.39, 0.29) is 12.1 Å². The summed E-state index contributed by atoms with van der Waals surface area (Å²) in [5.74, 6) is 0.469. The summed E-state index contributed by atoms with van der Waals surface area (Å²) in [5.41, 5.74) is 0.886. The van der Waals surface area contributed by atoms with Gasteiger partial charge in [-0.1, -0.05) is 32.0 Å². The Bertz CT molecular complexity index is 424. The summed E-state index contributed by atoms with van der Waals surface area (Å²) in [6, 6.07) is 7.64. The maximum Gasteiger partial charge on any atom is 0.331 e. The van der Waals surface area contributed by atoms with E-state index in [2.05, 4.69) is 6.92 Å². The molecule has 0 aliphatic rings. The van der Waals surface area contributed by atoms with Crippen LogP contribution >= 0.6 is 0 Å². The number of hydrogen-bond acceptors (Lipinski definition) is 3. The molecule has 19 heavy (non-hydrogen) atoms. The zero-order chi connectivity index (χ0) is 14.1. The molecule has 0 aromatic heterocycles. The maximum atomic E-state index is 11.6. The molecule has 0 spiro atoms. The second kappa shape index (κ2) is 8.35. The lowest BCUT2D eigenvalue weighted by Crippen LogP contribution is -2.11. The molecule has 0 saturated heterocycles. The summed E-state index contributed by atoms with van der Waals surface area (Å²) in [5, 5.41) is 0. The van der Waals surface area contributed by atoms with Crippen LogP contribution in [-0.2, 0) is 9.53 Å². The van der Waals surface area contributed by atoms with Crippen LogP contribution in [0.4, 0.5) is 0 Å². The normalized spacial score (nSPS) is 12.4. The van der Waals surface area contributed by atoms with Gasteiger partial charge in [0, 0.05) is 11.6 Å². The van der Waals surface area contributed by atoms with E-state index in [1.54, 1.807) is 6.08 Å². The number of ether oxygens (including phenoxy) is 2. The Labute approximate surface area is 115 Å². The molecule has 0 radical (unpaired) electrons. The van der Waals surface area contributed by atoms with Gasteiger partial charge >= 0.3 is 5.97 Å². The van der Waals surface area contributed by atoms with Gasteiger partial charge in [0.15, 0.2) is 0 Å². The highest BCUT2D eigenvalue weighted by molar-refractivity contribution is 5.87. The molecule has 0 N–H and O–H groups in total. The molecule has 0 amide bonds. The van der Waals surface area contributed by atoms with Crippen LogP contribution < -0.4 is 4.74 Å². The molecule has 0 aliphatic carbocycles. The predicted octanol–water partition coefficient (Wildman–Crippen LogP) is 3.83. The maximum absolute atomic E-state index is 11.6. The summed E-state index contributed by atoms with van der Waals surface area (Å²) in [6.45, 7) is 6.59. The fourth-order valence-electron chi connectivity index (χ4n) is 1.44. The van der Waals surface area contributed by atoms with E-state index in [0.717, 1.165) is 24.2 Å². The molecule has 0 saturated carbocycles. The van der Waals surface area contributed by atoms with Crippen molar-refractivity contribution >= 4 is 12.0 Å². The van der Waals surface area contributed by atoms with Gasteiger partial charge in [-0.3, -0.25) is 0 Å². The number of rotatable bonds is 7. The van der Waals surface area contributed by atoms with Crippen LogP contribution in [0.2, 0.25) is 0 Å². The Morgan fingerprint density at radius 1 is 1.32 bits per heavy atom. The monoisotopic (exact) mass is 262 g/mol. The first kappa shape index (κ1) is 15.3. The largest absolute Gasteiger partial charge is 0.493 e. The molecule has 0 heterocycles. The van der Waals surface area contributed by atoms with Gasteiger partial charge in [-0.15, -0.1) is 0 Å². The van der Waals surface area contributed by atoms with E-state index in [9.17, 15) is 4.79 Å². The minimum absolute atomic E-state index is 0.0521. The quantitative estimate of drug-likeness (QED) is 0.553. The standard InChI is InChI=1S/C16H22O3/c1-4-12-18-15-9-7-6-8-14(15)10-11-16(17)19-13(3)5-2/h6-11,13H,4-5,12H2,1-3H3. The van der Waals surface area contributed by atoms with E-state index in [4.69, 9.17) is 9.47 Å². The van der Waals surface area contributed by atoms with E-state index in [1.165, 1.54) is 6.08 Å². The second-order valence-corrected chi connectivity index (χ2v) is 4.38. The van der Waals surface area contributed by atoms with Gasteiger partial charge in [0.25, 0.3) is 0 Å². The van der Waals surface area contributed by atoms with Crippen LogP contribution in [0, 0.1) is 0 Å². The van der Waals surface area contributed by atoms with Crippen molar-refractivity contribution in [3.8, 4) is 5.75 Å². The number of para-hydroxylation sites is 1. The summed E-state index contributed by atoms with van der Waals surface area (Å²) in [6.07, 6.45) is 4.89. The predicted molar refractivity (Wildman–Crippen MR) is 77.1 cm³/mol. The summed E-state index contributed by atoms with van der Waals surface area (Å²) in [4.78, 5) is 11.6. The molecular formula is C16H22O3. The van der Waals surface area contributed by atoms with Crippen molar-refractivity contribution in [3.63, 3.8) is 0 Å². The highest BCUT2D eigenvalue weighted by atomic mass is 16.5. The van der Waals surface area contributed by atoms with Crippen LogP contribution in [0.1, 0.15) is 39.2 Å². The second-order valence-electron chi connectivity index (χ2n) is 4.38. The lowest BCUT2D eigenvalue weighted by atomic mass is 10.2. The number of hydrogen-bond donors (Lipinski definition) is 0. The van der Waals surface area contributed by atoms with Crippen LogP contribution in [0.3, 0.4) is 0 Å². The molecule has 1 aromatic rings. The molecule has 0 aliphatic heterocycles. The average molecular weight is 262 g/mol. The lowest BCUT2D eigenvalue weighted by molar-refractivity contribution is -0.142. The Kier molecular flexibility index (Phi) is 6.72. The Morgan fingerprint density at radius 3 is 2.74 bits per heavy atom. The van der Waals surface area contributed by atoms with Crippen LogP contribution in [0.5, 0.6) is 5.75 Å². The smallest absolute Gasteiger partial charge is 0.331 e. The first-order valence-corrected chi connectivity index (χ1v) is 6.77. The van der Waals surface area contributed by atoms with Crippen molar-refractivity contribution in [1.29, 1.82) is 0 Å². The lowest BCUT2D eigenvalue weighted by Gasteiger charge is -2.09. The highest BCUT2D eigenvalue weighted by Gasteiger charge is 2.04.